The van der Waals surface area contributed by atoms with Crippen molar-refractivity contribution in [2.75, 3.05) is 41.2 Å². The Morgan fingerprint density at radius 3 is 2.24 bits per heavy atom. The molecule has 3 rings (SSSR count). The van der Waals surface area contributed by atoms with Crippen LogP contribution in [0.1, 0.15) is 87.1 Å². The fraction of sp³-hybridized carbons (Fsp3) is 0.767. The third-order valence-corrected chi connectivity index (χ3v) is 11.5. The van der Waals surface area contributed by atoms with Crippen LogP contribution in [0.3, 0.4) is 0 Å². The number of rotatable bonds is 14. The average Bonchev–Trinajstić information content (AvgIpc) is 3.16. The van der Waals surface area contributed by atoms with E-state index in [9.17, 15) is 29.7 Å². The van der Waals surface area contributed by atoms with Gasteiger partial charge in [0.2, 0.25) is 6.79 Å². The normalized spacial score (nSPS) is 37.0. The van der Waals surface area contributed by atoms with Crippen molar-refractivity contribution in [3.8, 4) is 0 Å². The molecule has 0 unspecified atom stereocenters. The van der Waals surface area contributed by atoms with Crippen LogP contribution >= 0.6 is 0 Å². The summed E-state index contributed by atoms with van der Waals surface area (Å²) >= 11 is 0. The quantitative estimate of drug-likeness (QED) is 0.0806. The number of methoxy groups -OCH3 is 1. The molecule has 0 spiro atoms. The number of carbonyl (C=O) groups excluding carboxylic acids is 3. The molecule has 2 fully saturated rings. The van der Waals surface area contributed by atoms with Crippen LogP contribution in [0.2, 0.25) is 0 Å². The third-order valence-electron chi connectivity index (χ3n) is 11.5. The minimum absolute atomic E-state index is 0.0771. The maximum atomic E-state index is 14.2. The van der Waals surface area contributed by atoms with Gasteiger partial charge < -0.3 is 58.2 Å². The maximum Gasteiger partial charge on any atom is 0.312 e. The number of ether oxygens (including phenoxy) is 7. The number of esters is 3. The van der Waals surface area contributed by atoms with E-state index in [1.807, 2.05) is 32.0 Å². The van der Waals surface area contributed by atoms with Crippen LogP contribution in [0.15, 0.2) is 35.5 Å². The summed E-state index contributed by atoms with van der Waals surface area (Å²) in [4.78, 5) is 48.0. The van der Waals surface area contributed by atoms with Crippen molar-refractivity contribution in [1.29, 1.82) is 0 Å². The van der Waals surface area contributed by atoms with Gasteiger partial charge in [-0.05, 0) is 66.6 Å². The SMILES string of the molecule is CC[C@H]1OC(=O)[C@H](C)[C@@H](OC(=O)Cc2ccccc2)[C@H](C)[C@@H](O[C@@H]2O[C@H](C)C[C@H](N(C)C)[C@H]2OC(C)=O)[C@](C)(O)C[C@@H](C)/C(=N\OCOCCOC)[C@H](C)[C@@H](O)[C@]1(C)O. The van der Waals surface area contributed by atoms with Crippen LogP contribution < -0.4 is 0 Å². The molecule has 1 aromatic carbocycles. The fourth-order valence-electron chi connectivity index (χ4n) is 8.39. The smallest absolute Gasteiger partial charge is 0.312 e. The van der Waals surface area contributed by atoms with Gasteiger partial charge in [-0.15, -0.1) is 0 Å². The molecule has 0 aliphatic carbocycles. The fourth-order valence-corrected chi connectivity index (χ4v) is 8.39. The van der Waals surface area contributed by atoms with E-state index in [-0.39, 0.29) is 50.5 Å². The molecular weight excluding hydrogens is 768 g/mol. The van der Waals surface area contributed by atoms with Gasteiger partial charge in [-0.1, -0.05) is 63.2 Å². The number of cyclic esters (lactones) is 1. The molecule has 3 N–H and O–H groups in total. The van der Waals surface area contributed by atoms with E-state index in [1.165, 1.54) is 21.0 Å². The summed E-state index contributed by atoms with van der Waals surface area (Å²) in [6.45, 7) is 14.8. The van der Waals surface area contributed by atoms with Gasteiger partial charge in [-0.2, -0.15) is 0 Å². The number of nitrogens with zero attached hydrogens (tertiary/aromatic N) is 2. The molecule has 14 atom stereocenters. The number of aliphatic hydroxyl groups excluding tert-OH is 1. The van der Waals surface area contributed by atoms with Crippen molar-refractivity contribution in [3.63, 3.8) is 0 Å². The molecule has 2 aliphatic heterocycles. The number of carbonyl (C=O) groups is 3. The second-order valence-electron chi connectivity index (χ2n) is 16.9. The molecule has 59 heavy (non-hydrogen) atoms. The first-order valence-corrected chi connectivity index (χ1v) is 20.6. The van der Waals surface area contributed by atoms with Crippen LogP contribution in [-0.4, -0.2) is 145 Å². The molecule has 0 saturated carbocycles. The Kier molecular flexibility index (Phi) is 19.2. The van der Waals surface area contributed by atoms with E-state index < -0.39 is 89.6 Å². The number of benzene rings is 1. The van der Waals surface area contributed by atoms with Crippen LogP contribution in [0.5, 0.6) is 0 Å². The lowest BCUT2D eigenvalue weighted by atomic mass is 9.73. The first-order chi connectivity index (χ1) is 27.7. The second kappa shape index (κ2) is 22.6. The highest BCUT2D eigenvalue weighted by molar-refractivity contribution is 5.88. The zero-order chi connectivity index (χ0) is 44.2. The molecule has 1 aromatic rings. The maximum absolute atomic E-state index is 14.2. The van der Waals surface area contributed by atoms with Gasteiger partial charge >= 0.3 is 17.9 Å². The van der Waals surface area contributed by atoms with Crippen molar-refractivity contribution >= 4 is 23.6 Å². The monoisotopic (exact) mass is 838 g/mol. The Hall–Kier alpha value is -3.22. The van der Waals surface area contributed by atoms with Gasteiger partial charge in [0.15, 0.2) is 12.4 Å². The summed E-state index contributed by atoms with van der Waals surface area (Å²) in [6, 6.07) is 8.64. The molecule has 16 nitrogen and oxygen atoms in total. The molecule has 2 saturated heterocycles. The molecule has 16 heteroatoms. The minimum atomic E-state index is -1.99. The third kappa shape index (κ3) is 13.6. The van der Waals surface area contributed by atoms with Gasteiger partial charge in [-0.25, -0.2) is 0 Å². The minimum Gasteiger partial charge on any atom is -0.461 e. The topological polar surface area (TPSA) is 201 Å². The summed E-state index contributed by atoms with van der Waals surface area (Å²) in [5.41, 5.74) is -2.87. The van der Waals surface area contributed by atoms with Gasteiger partial charge in [0, 0.05) is 31.8 Å². The Bertz CT molecular complexity index is 1510. The standard InChI is InChI=1S/C43H70N2O14/c1-13-33-43(9,51)38(48)27(4)35(44-54-24-53-20-19-52-12)25(2)23-42(8,50)39(59-41-37(56-30(7)46)32(45(10)11)21-26(3)55-41)28(5)36(29(6)40(49)57-33)58-34(47)22-31-17-15-14-16-18-31/h14-18,25-29,32-33,36-39,41,48,50-51H,13,19-24H2,1-12H3/b44-35+/t25-,26-,27+,28+,29-,32+,33-,36+,37-,38-,39-,41+,42-,43-/m1/s1. The van der Waals surface area contributed by atoms with E-state index >= 15 is 0 Å². The Morgan fingerprint density at radius 2 is 1.64 bits per heavy atom. The van der Waals surface area contributed by atoms with Gasteiger partial charge in [0.05, 0.1) is 61.2 Å². The lowest BCUT2D eigenvalue weighted by Crippen LogP contribution is -2.61. The van der Waals surface area contributed by atoms with E-state index in [0.717, 1.165) is 0 Å². The van der Waals surface area contributed by atoms with Gasteiger partial charge in [0.1, 0.15) is 17.8 Å². The average molecular weight is 839 g/mol. The molecule has 0 aromatic heterocycles. The number of hydrogen-bond donors (Lipinski definition) is 3. The van der Waals surface area contributed by atoms with Crippen LogP contribution in [-0.2, 0) is 58.8 Å². The van der Waals surface area contributed by atoms with Crippen molar-refractivity contribution < 1.29 is 67.7 Å². The van der Waals surface area contributed by atoms with Crippen molar-refractivity contribution in [1.82, 2.24) is 4.90 Å². The Labute approximate surface area is 349 Å². The van der Waals surface area contributed by atoms with Crippen molar-refractivity contribution in [3.05, 3.63) is 35.9 Å². The lowest BCUT2D eigenvalue weighted by Gasteiger charge is -2.48. The largest absolute Gasteiger partial charge is 0.461 e. The molecule has 2 aliphatic rings. The number of likely N-dealkylation sites (N-methyl/N-ethyl adjacent to an activating group) is 1. The molecule has 0 radical (unpaired) electrons. The zero-order valence-electron chi connectivity index (χ0n) is 37.0. The zero-order valence-corrected chi connectivity index (χ0v) is 37.0. The highest BCUT2D eigenvalue weighted by atomic mass is 16.7. The van der Waals surface area contributed by atoms with Crippen molar-refractivity contribution in [2.24, 2.45) is 28.8 Å². The van der Waals surface area contributed by atoms with Crippen LogP contribution in [0.4, 0.5) is 0 Å². The van der Waals surface area contributed by atoms with Gasteiger partial charge in [-0.3, -0.25) is 14.4 Å². The summed E-state index contributed by atoms with van der Waals surface area (Å²) in [6.07, 6.45) is -7.32. The highest BCUT2D eigenvalue weighted by Crippen LogP contribution is 2.39. The molecular formula is C43H70N2O14. The predicted octanol–water partition coefficient (Wildman–Crippen LogP) is 3.65. The number of aliphatic hydroxyl groups is 3. The first-order valence-electron chi connectivity index (χ1n) is 20.6. The summed E-state index contributed by atoms with van der Waals surface area (Å²) in [7, 11) is 5.25. The number of hydrogen-bond acceptors (Lipinski definition) is 16. The summed E-state index contributed by atoms with van der Waals surface area (Å²) in [5.74, 6) is -5.69. The first kappa shape index (κ1) is 50.1. The Morgan fingerprint density at radius 1 is 0.983 bits per heavy atom. The molecule has 0 amide bonds. The molecule has 2 heterocycles. The number of oxime groups is 1. The highest BCUT2D eigenvalue weighted by Gasteiger charge is 2.52. The predicted molar refractivity (Wildman–Crippen MR) is 217 cm³/mol. The summed E-state index contributed by atoms with van der Waals surface area (Å²) < 4.78 is 41.7. The van der Waals surface area contributed by atoms with E-state index in [2.05, 4.69) is 5.16 Å². The van der Waals surface area contributed by atoms with E-state index in [4.69, 9.17) is 38.0 Å². The molecule has 0 bridgehead atoms. The van der Waals surface area contributed by atoms with E-state index in [0.29, 0.717) is 18.6 Å². The molecule has 336 valence electrons. The van der Waals surface area contributed by atoms with Gasteiger partial charge in [0.25, 0.3) is 0 Å². The van der Waals surface area contributed by atoms with E-state index in [1.54, 1.807) is 65.8 Å². The second-order valence-corrected chi connectivity index (χ2v) is 16.9. The van der Waals surface area contributed by atoms with Crippen LogP contribution in [0, 0.1) is 23.7 Å². The Balaban J connectivity index is 2.24. The lowest BCUT2D eigenvalue weighted by molar-refractivity contribution is -0.301. The van der Waals surface area contributed by atoms with Crippen LogP contribution in [0.25, 0.3) is 0 Å². The summed E-state index contributed by atoms with van der Waals surface area (Å²) in [5, 5.41) is 40.9. The van der Waals surface area contributed by atoms with Crippen molar-refractivity contribution in [2.45, 2.75) is 148 Å².